The molecule has 3 aromatic rings. The monoisotopic (exact) mass is 467 g/mol. The van der Waals surface area contributed by atoms with E-state index in [9.17, 15) is 23.4 Å². The number of benzene rings is 3. The Morgan fingerprint density at radius 1 is 1.00 bits per heavy atom. The first kappa shape index (κ1) is 22.8. The molecule has 0 saturated heterocycles. The van der Waals surface area contributed by atoms with Crippen LogP contribution in [0, 0.1) is 0 Å². The molecule has 2 atom stereocenters. The number of ether oxygens (including phenoxy) is 1. The van der Waals surface area contributed by atoms with Gasteiger partial charge in [-0.05, 0) is 47.4 Å². The maximum absolute atomic E-state index is 13.1. The van der Waals surface area contributed by atoms with E-state index in [2.05, 4.69) is 5.32 Å². The molecule has 7 nitrogen and oxygen atoms in total. The van der Waals surface area contributed by atoms with E-state index in [0.717, 1.165) is 11.1 Å². The van der Waals surface area contributed by atoms with Crippen LogP contribution >= 0.6 is 0 Å². The number of alkyl carbamates (subject to hydrolysis) is 1. The fourth-order valence-electron chi connectivity index (χ4n) is 4.23. The molecule has 8 heteroatoms. The fourth-order valence-corrected chi connectivity index (χ4v) is 5.85. The smallest absolute Gasteiger partial charge is 0.407 e. The molecule has 0 aliphatic heterocycles. The van der Waals surface area contributed by atoms with Gasteiger partial charge in [-0.15, -0.1) is 0 Å². The SMILES string of the molecule is O=C(N[C@H]1Cc2ccccc2[C@@](O)(CS(=O)(=O)c2ccc(O)cc2)C1)OCc1ccccc1. The zero-order valence-corrected chi connectivity index (χ0v) is 18.7. The summed E-state index contributed by atoms with van der Waals surface area (Å²) >= 11 is 0. The molecule has 0 heterocycles. The van der Waals surface area contributed by atoms with Gasteiger partial charge in [-0.1, -0.05) is 54.6 Å². The largest absolute Gasteiger partial charge is 0.508 e. The summed E-state index contributed by atoms with van der Waals surface area (Å²) in [6.07, 6.45) is -0.174. The average molecular weight is 468 g/mol. The highest BCUT2D eigenvalue weighted by Crippen LogP contribution is 2.38. The highest BCUT2D eigenvalue weighted by molar-refractivity contribution is 7.91. The minimum absolute atomic E-state index is 0.00330. The molecule has 0 aromatic heterocycles. The predicted molar refractivity (Wildman–Crippen MR) is 122 cm³/mol. The molecule has 172 valence electrons. The molecule has 1 aliphatic rings. The van der Waals surface area contributed by atoms with Crippen LogP contribution in [0.15, 0.2) is 83.8 Å². The zero-order valence-electron chi connectivity index (χ0n) is 17.8. The number of phenols is 1. The maximum atomic E-state index is 13.1. The number of amides is 1. The topological polar surface area (TPSA) is 113 Å². The third kappa shape index (κ3) is 5.35. The van der Waals surface area contributed by atoms with Gasteiger partial charge < -0.3 is 20.3 Å². The lowest BCUT2D eigenvalue weighted by Crippen LogP contribution is -2.49. The number of fused-ring (bicyclic) bond motifs is 1. The lowest BCUT2D eigenvalue weighted by Gasteiger charge is -2.38. The Morgan fingerprint density at radius 2 is 1.67 bits per heavy atom. The van der Waals surface area contributed by atoms with E-state index in [4.69, 9.17) is 4.74 Å². The van der Waals surface area contributed by atoms with Crippen molar-refractivity contribution in [1.29, 1.82) is 0 Å². The van der Waals surface area contributed by atoms with Crippen molar-refractivity contribution in [2.45, 2.75) is 36.0 Å². The molecule has 0 fully saturated rings. The van der Waals surface area contributed by atoms with Gasteiger partial charge in [-0.25, -0.2) is 13.2 Å². The number of aliphatic hydroxyl groups is 1. The van der Waals surface area contributed by atoms with Crippen LogP contribution in [0.4, 0.5) is 4.79 Å². The fraction of sp³-hybridized carbons (Fsp3) is 0.240. The van der Waals surface area contributed by atoms with E-state index in [0.29, 0.717) is 12.0 Å². The molecule has 3 N–H and O–H groups in total. The van der Waals surface area contributed by atoms with Gasteiger partial charge in [0, 0.05) is 12.5 Å². The molecule has 0 unspecified atom stereocenters. The van der Waals surface area contributed by atoms with Gasteiger partial charge in [0.05, 0.1) is 10.6 Å². The molecule has 4 rings (SSSR count). The standard InChI is InChI=1S/C25H25NO6S/c27-21-10-12-22(13-11-21)33(30,31)17-25(29)15-20(14-19-8-4-5-9-23(19)25)26-24(28)32-16-18-6-2-1-3-7-18/h1-13,20,27,29H,14-17H2,(H,26,28)/t20-,25-/m0/s1. The number of carbonyl (C=O) groups excluding carboxylic acids is 1. The highest BCUT2D eigenvalue weighted by atomic mass is 32.2. The summed E-state index contributed by atoms with van der Waals surface area (Å²) < 4.78 is 31.4. The Morgan fingerprint density at radius 3 is 2.39 bits per heavy atom. The number of carbonyl (C=O) groups is 1. The average Bonchev–Trinajstić information content (AvgIpc) is 2.78. The molecular weight excluding hydrogens is 442 g/mol. The molecule has 0 radical (unpaired) electrons. The van der Waals surface area contributed by atoms with Crippen molar-refractivity contribution in [3.8, 4) is 5.75 Å². The predicted octanol–water partition coefficient (Wildman–Crippen LogP) is 3.29. The van der Waals surface area contributed by atoms with Crippen molar-refractivity contribution in [3.05, 3.63) is 95.6 Å². The third-order valence-electron chi connectivity index (χ3n) is 5.73. The number of sulfone groups is 1. The Labute approximate surface area is 192 Å². The summed E-state index contributed by atoms with van der Waals surface area (Å²) in [5.41, 5.74) is 0.435. The number of aromatic hydroxyl groups is 1. The van der Waals surface area contributed by atoms with Gasteiger partial charge in [0.15, 0.2) is 9.84 Å². The second-order valence-electron chi connectivity index (χ2n) is 8.25. The number of hydrogen-bond acceptors (Lipinski definition) is 6. The van der Waals surface area contributed by atoms with E-state index in [-0.39, 0.29) is 23.7 Å². The van der Waals surface area contributed by atoms with Crippen LogP contribution in [0.3, 0.4) is 0 Å². The normalized spacial score (nSPS) is 20.0. The minimum Gasteiger partial charge on any atom is -0.508 e. The van der Waals surface area contributed by atoms with Crippen LogP contribution in [0.5, 0.6) is 5.75 Å². The minimum atomic E-state index is -3.88. The van der Waals surface area contributed by atoms with Crippen LogP contribution in [0.25, 0.3) is 0 Å². The zero-order chi connectivity index (χ0) is 23.5. The Hall–Kier alpha value is -3.36. The van der Waals surface area contributed by atoms with E-state index in [1.54, 1.807) is 12.1 Å². The van der Waals surface area contributed by atoms with E-state index in [1.807, 2.05) is 42.5 Å². The number of rotatable bonds is 6. The number of phenolic OH excluding ortho intramolecular Hbond substituents is 1. The first-order chi connectivity index (χ1) is 15.7. The van der Waals surface area contributed by atoms with Crippen LogP contribution in [0.1, 0.15) is 23.1 Å². The number of hydrogen-bond donors (Lipinski definition) is 3. The summed E-state index contributed by atoms with van der Waals surface area (Å²) in [5, 5.41) is 23.8. The molecule has 0 saturated carbocycles. The van der Waals surface area contributed by atoms with Gasteiger partial charge in [-0.2, -0.15) is 0 Å². The van der Waals surface area contributed by atoms with Crippen molar-refractivity contribution < 1.29 is 28.2 Å². The molecule has 0 bridgehead atoms. The molecule has 1 aliphatic carbocycles. The lowest BCUT2D eigenvalue weighted by atomic mass is 9.78. The molecule has 1 amide bonds. The van der Waals surface area contributed by atoms with E-state index >= 15 is 0 Å². The number of nitrogens with one attached hydrogen (secondary N) is 1. The summed E-state index contributed by atoms with van der Waals surface area (Å²) in [5.74, 6) is -0.604. The van der Waals surface area contributed by atoms with Gasteiger partial charge in [0.1, 0.15) is 18.0 Å². The van der Waals surface area contributed by atoms with Crippen molar-refractivity contribution in [2.75, 3.05) is 5.75 Å². The van der Waals surface area contributed by atoms with Gasteiger partial charge in [0.2, 0.25) is 0 Å². The second-order valence-corrected chi connectivity index (χ2v) is 10.2. The first-order valence-electron chi connectivity index (χ1n) is 10.5. The third-order valence-corrected chi connectivity index (χ3v) is 7.58. The van der Waals surface area contributed by atoms with Crippen LogP contribution in [-0.2, 0) is 33.2 Å². The van der Waals surface area contributed by atoms with E-state index in [1.165, 1.54) is 24.3 Å². The van der Waals surface area contributed by atoms with Crippen molar-refractivity contribution >= 4 is 15.9 Å². The summed E-state index contributed by atoms with van der Waals surface area (Å²) in [4.78, 5) is 12.4. The molecule has 3 aromatic carbocycles. The van der Waals surface area contributed by atoms with Crippen LogP contribution in [-0.4, -0.2) is 36.5 Å². The Bertz CT molecular complexity index is 1230. The summed E-state index contributed by atoms with van der Waals surface area (Å²) in [6.45, 7) is 0.107. The molecular formula is C25H25NO6S. The first-order valence-corrected chi connectivity index (χ1v) is 12.2. The van der Waals surface area contributed by atoms with Crippen LogP contribution in [0.2, 0.25) is 0 Å². The highest BCUT2D eigenvalue weighted by Gasteiger charge is 2.43. The van der Waals surface area contributed by atoms with Gasteiger partial charge in [-0.3, -0.25) is 0 Å². The van der Waals surface area contributed by atoms with Crippen molar-refractivity contribution in [1.82, 2.24) is 5.32 Å². The Balaban J connectivity index is 1.52. The van der Waals surface area contributed by atoms with Crippen molar-refractivity contribution in [3.63, 3.8) is 0 Å². The molecule has 0 spiro atoms. The van der Waals surface area contributed by atoms with Crippen molar-refractivity contribution in [2.24, 2.45) is 0 Å². The quantitative estimate of drug-likeness (QED) is 0.513. The van der Waals surface area contributed by atoms with Gasteiger partial charge >= 0.3 is 6.09 Å². The van der Waals surface area contributed by atoms with E-state index < -0.39 is 33.3 Å². The second kappa shape index (κ2) is 9.25. The lowest BCUT2D eigenvalue weighted by molar-refractivity contribution is 0.0305. The Kier molecular flexibility index (Phi) is 6.40. The molecule has 33 heavy (non-hydrogen) atoms. The summed E-state index contributed by atoms with van der Waals surface area (Å²) in [6, 6.07) is 21.0. The maximum Gasteiger partial charge on any atom is 0.407 e. The van der Waals surface area contributed by atoms with Crippen LogP contribution < -0.4 is 5.32 Å². The van der Waals surface area contributed by atoms with Gasteiger partial charge in [0.25, 0.3) is 0 Å². The summed E-state index contributed by atoms with van der Waals surface area (Å²) in [7, 11) is -3.88.